The van der Waals surface area contributed by atoms with Crippen LogP contribution in [-0.4, -0.2) is 23.5 Å². The molecule has 2 amide bonds. The van der Waals surface area contributed by atoms with E-state index < -0.39 is 11.5 Å². The molecule has 0 fully saturated rings. The summed E-state index contributed by atoms with van der Waals surface area (Å²) in [5.41, 5.74) is 0.835. The number of furan rings is 1. The number of para-hydroxylation sites is 1. The third-order valence-electron chi connectivity index (χ3n) is 4.54. The minimum Gasteiger partial charge on any atom is -0.466 e. The average Bonchev–Trinajstić information content (AvgIpc) is 2.91. The smallest absolute Gasteiger partial charge is 0.228 e. The van der Waals surface area contributed by atoms with E-state index in [9.17, 15) is 14.7 Å². The second-order valence-corrected chi connectivity index (χ2v) is 6.71. The van der Waals surface area contributed by atoms with Gasteiger partial charge in [0, 0.05) is 17.7 Å². The molecule has 2 aromatic rings. The van der Waals surface area contributed by atoms with E-state index in [1.165, 1.54) is 0 Å². The summed E-state index contributed by atoms with van der Waals surface area (Å²) in [7, 11) is 0. The zero-order valence-electron chi connectivity index (χ0n) is 14.6. The van der Waals surface area contributed by atoms with Crippen molar-refractivity contribution in [3.8, 4) is 0 Å². The van der Waals surface area contributed by atoms with Crippen LogP contribution in [-0.2, 0) is 15.2 Å². The standard InChI is InChI=1S/C19H22N2O4/c1-11-8-15(12(2)25-11)19(3,24)10-20-18(23)14-9-17(22)21-16-7-5-4-6-13(14)16/h4-8,14,24H,9-10H2,1-3H3,(H,20,23)(H,21,22). The molecule has 25 heavy (non-hydrogen) atoms. The van der Waals surface area contributed by atoms with Gasteiger partial charge in [-0.05, 0) is 38.5 Å². The number of carbonyl (C=O) groups excluding carboxylic acids is 2. The Morgan fingerprint density at radius 3 is 2.80 bits per heavy atom. The number of nitrogens with one attached hydrogen (secondary N) is 2. The van der Waals surface area contributed by atoms with Crippen LogP contribution in [0.5, 0.6) is 0 Å². The molecule has 0 saturated heterocycles. The molecule has 0 aliphatic carbocycles. The van der Waals surface area contributed by atoms with Gasteiger partial charge in [0.25, 0.3) is 0 Å². The second kappa shape index (κ2) is 6.37. The molecule has 0 radical (unpaired) electrons. The number of rotatable bonds is 4. The summed E-state index contributed by atoms with van der Waals surface area (Å²) in [6.07, 6.45) is 0.0921. The first-order valence-corrected chi connectivity index (χ1v) is 8.24. The molecule has 0 bridgehead atoms. The lowest BCUT2D eigenvalue weighted by molar-refractivity contribution is -0.127. The Labute approximate surface area is 146 Å². The molecular formula is C19H22N2O4. The number of fused-ring (bicyclic) bond motifs is 1. The number of aliphatic hydroxyl groups is 1. The molecule has 0 saturated carbocycles. The van der Waals surface area contributed by atoms with Gasteiger partial charge in [-0.2, -0.15) is 0 Å². The molecule has 1 aliphatic rings. The molecule has 2 unspecified atom stereocenters. The second-order valence-electron chi connectivity index (χ2n) is 6.71. The van der Waals surface area contributed by atoms with E-state index >= 15 is 0 Å². The summed E-state index contributed by atoms with van der Waals surface area (Å²) in [4.78, 5) is 24.5. The van der Waals surface area contributed by atoms with E-state index in [4.69, 9.17) is 4.42 Å². The number of carbonyl (C=O) groups is 2. The molecule has 0 spiro atoms. The quantitative estimate of drug-likeness (QED) is 0.795. The van der Waals surface area contributed by atoms with Crippen LogP contribution in [0.1, 0.15) is 41.9 Å². The van der Waals surface area contributed by atoms with Gasteiger partial charge < -0.3 is 20.2 Å². The van der Waals surface area contributed by atoms with Crippen LogP contribution >= 0.6 is 0 Å². The van der Waals surface area contributed by atoms with Crippen molar-refractivity contribution in [3.63, 3.8) is 0 Å². The third-order valence-corrected chi connectivity index (χ3v) is 4.54. The van der Waals surface area contributed by atoms with Crippen LogP contribution in [0.4, 0.5) is 5.69 Å². The van der Waals surface area contributed by atoms with Crippen molar-refractivity contribution >= 4 is 17.5 Å². The first-order valence-electron chi connectivity index (χ1n) is 8.24. The van der Waals surface area contributed by atoms with Gasteiger partial charge in [0.05, 0.1) is 12.5 Å². The fourth-order valence-electron chi connectivity index (χ4n) is 3.29. The topological polar surface area (TPSA) is 91.6 Å². The summed E-state index contributed by atoms with van der Waals surface area (Å²) in [6, 6.07) is 9.03. The van der Waals surface area contributed by atoms with Crippen LogP contribution in [0.2, 0.25) is 0 Å². The molecule has 6 nitrogen and oxygen atoms in total. The molecule has 2 atom stereocenters. The maximum atomic E-state index is 12.6. The normalized spacial score (nSPS) is 18.9. The number of amides is 2. The van der Waals surface area contributed by atoms with Gasteiger partial charge in [-0.3, -0.25) is 9.59 Å². The van der Waals surface area contributed by atoms with Crippen molar-refractivity contribution in [3.05, 3.63) is 53.0 Å². The van der Waals surface area contributed by atoms with E-state index in [1.807, 2.05) is 25.1 Å². The summed E-state index contributed by atoms with van der Waals surface area (Å²) in [5.74, 6) is 0.302. The van der Waals surface area contributed by atoms with Crippen LogP contribution in [0, 0.1) is 13.8 Å². The van der Waals surface area contributed by atoms with Gasteiger partial charge in [0.2, 0.25) is 11.8 Å². The molecule has 3 N–H and O–H groups in total. The van der Waals surface area contributed by atoms with Gasteiger partial charge in [0.1, 0.15) is 17.1 Å². The maximum absolute atomic E-state index is 12.6. The van der Waals surface area contributed by atoms with Crippen molar-refractivity contribution in [2.45, 2.75) is 38.7 Å². The first-order chi connectivity index (χ1) is 11.8. The highest BCUT2D eigenvalue weighted by Crippen LogP contribution is 2.32. The van der Waals surface area contributed by atoms with E-state index in [1.54, 1.807) is 26.0 Å². The summed E-state index contributed by atoms with van der Waals surface area (Å²) < 4.78 is 5.46. The lowest BCUT2D eigenvalue weighted by Crippen LogP contribution is -2.42. The molecule has 3 rings (SSSR count). The average molecular weight is 342 g/mol. The number of aryl methyl sites for hydroxylation is 2. The Morgan fingerprint density at radius 1 is 1.40 bits per heavy atom. The van der Waals surface area contributed by atoms with E-state index in [-0.39, 0.29) is 24.8 Å². The van der Waals surface area contributed by atoms with Gasteiger partial charge in [-0.15, -0.1) is 0 Å². The van der Waals surface area contributed by atoms with Crippen molar-refractivity contribution in [2.75, 3.05) is 11.9 Å². The van der Waals surface area contributed by atoms with Gasteiger partial charge in [-0.25, -0.2) is 0 Å². The van der Waals surface area contributed by atoms with Crippen molar-refractivity contribution in [2.24, 2.45) is 0 Å². The van der Waals surface area contributed by atoms with E-state index in [0.717, 1.165) is 5.56 Å². The third kappa shape index (κ3) is 3.44. The highest BCUT2D eigenvalue weighted by Gasteiger charge is 2.33. The van der Waals surface area contributed by atoms with Crippen LogP contribution in [0.25, 0.3) is 0 Å². The maximum Gasteiger partial charge on any atom is 0.228 e. The molecule has 132 valence electrons. The Morgan fingerprint density at radius 2 is 2.12 bits per heavy atom. The molecular weight excluding hydrogens is 320 g/mol. The zero-order chi connectivity index (χ0) is 18.2. The monoisotopic (exact) mass is 342 g/mol. The summed E-state index contributed by atoms with van der Waals surface area (Å²) in [5, 5.41) is 16.3. The van der Waals surface area contributed by atoms with E-state index in [2.05, 4.69) is 10.6 Å². The number of benzene rings is 1. The predicted octanol–water partition coefficient (Wildman–Crippen LogP) is 2.35. The first kappa shape index (κ1) is 17.2. The van der Waals surface area contributed by atoms with Crippen LogP contribution < -0.4 is 10.6 Å². The molecule has 1 aromatic carbocycles. The highest BCUT2D eigenvalue weighted by molar-refractivity contribution is 6.01. The van der Waals surface area contributed by atoms with Crippen LogP contribution in [0.15, 0.2) is 34.7 Å². The zero-order valence-corrected chi connectivity index (χ0v) is 14.6. The van der Waals surface area contributed by atoms with E-state index in [0.29, 0.717) is 22.8 Å². The minimum atomic E-state index is -1.26. The molecule has 6 heteroatoms. The van der Waals surface area contributed by atoms with Gasteiger partial charge in [-0.1, -0.05) is 18.2 Å². The summed E-state index contributed by atoms with van der Waals surface area (Å²) in [6.45, 7) is 5.25. The highest BCUT2D eigenvalue weighted by atomic mass is 16.3. The summed E-state index contributed by atoms with van der Waals surface area (Å²) >= 11 is 0. The van der Waals surface area contributed by atoms with Gasteiger partial charge >= 0.3 is 0 Å². The molecule has 2 heterocycles. The fraction of sp³-hybridized carbons (Fsp3) is 0.368. The Kier molecular flexibility index (Phi) is 4.39. The van der Waals surface area contributed by atoms with Crippen molar-refractivity contribution in [1.82, 2.24) is 5.32 Å². The van der Waals surface area contributed by atoms with Crippen molar-refractivity contribution < 1.29 is 19.1 Å². The van der Waals surface area contributed by atoms with Crippen molar-refractivity contribution in [1.29, 1.82) is 0 Å². The number of hydrogen-bond donors (Lipinski definition) is 3. The Hall–Kier alpha value is -2.60. The van der Waals surface area contributed by atoms with Crippen LogP contribution in [0.3, 0.4) is 0 Å². The molecule has 1 aliphatic heterocycles. The minimum absolute atomic E-state index is 0.0337. The predicted molar refractivity (Wildman–Crippen MR) is 93.2 cm³/mol. The SMILES string of the molecule is Cc1cc(C(C)(O)CNC(=O)C2CC(=O)Nc3ccccc32)c(C)o1. The lowest BCUT2D eigenvalue weighted by atomic mass is 9.89. The molecule has 1 aromatic heterocycles. The Bertz CT molecular complexity index is 823. The van der Waals surface area contributed by atoms with Gasteiger partial charge in [0.15, 0.2) is 0 Å². The largest absolute Gasteiger partial charge is 0.466 e. The Balaban J connectivity index is 1.75. The number of anilines is 1. The lowest BCUT2D eigenvalue weighted by Gasteiger charge is -2.27. The number of hydrogen-bond acceptors (Lipinski definition) is 4. The fourth-order valence-corrected chi connectivity index (χ4v) is 3.29.